The number of hydrogen-bond acceptors (Lipinski definition) is 15. The summed E-state index contributed by atoms with van der Waals surface area (Å²) >= 11 is 0. The molecule has 1 aromatic heterocycles. The Labute approximate surface area is 248 Å². The number of phenolic OH excluding ortho intramolecular Hbond substituents is 3. The van der Waals surface area contributed by atoms with Crippen LogP contribution in [0, 0.1) is 0 Å². The average molecular weight is 626 g/mol. The lowest BCUT2D eigenvalue weighted by molar-refractivity contribution is -0.357. The first kappa shape index (κ1) is 31.9. The van der Waals surface area contributed by atoms with Gasteiger partial charge < -0.3 is 74.7 Å². The summed E-state index contributed by atoms with van der Waals surface area (Å²) in [5.74, 6) is -1.07. The second-order valence-corrected chi connectivity index (χ2v) is 10.3. The van der Waals surface area contributed by atoms with Gasteiger partial charge in [-0.25, -0.2) is 4.42 Å². The SMILES string of the molecule is COc1cc(-c2[o+]c3cc(O)cc(O)c3cc2O[C@@H]2OC(CO)[C@@H](O)C(O)C2O[C@@H]2OC(CO)[C@@H](O)C(O)[C@H]2O)ccc1O. The Balaban J connectivity index is 1.58. The molecule has 5 unspecified atom stereocenters. The maximum atomic E-state index is 11.0. The smallest absolute Gasteiger partial charge is 0.402 e. The quantitative estimate of drug-likeness (QED) is 0.128. The van der Waals surface area contributed by atoms with Crippen LogP contribution in [0.1, 0.15) is 0 Å². The van der Waals surface area contributed by atoms with E-state index >= 15 is 0 Å². The summed E-state index contributed by atoms with van der Waals surface area (Å²) in [5.41, 5.74) is 0.278. The molecule has 10 N–H and O–H groups in total. The van der Waals surface area contributed by atoms with Gasteiger partial charge in [-0.3, -0.25) is 0 Å². The highest BCUT2D eigenvalue weighted by Crippen LogP contribution is 2.42. The number of fused-ring (bicyclic) bond motifs is 1. The van der Waals surface area contributed by atoms with Crippen LogP contribution in [0.3, 0.4) is 0 Å². The Morgan fingerprint density at radius 1 is 0.727 bits per heavy atom. The molecule has 0 saturated carbocycles. The molecular formula is C28H33O16+. The van der Waals surface area contributed by atoms with E-state index in [-0.39, 0.29) is 45.3 Å². The van der Waals surface area contributed by atoms with Gasteiger partial charge in [0.1, 0.15) is 59.6 Å². The molecule has 5 rings (SSSR count). The van der Waals surface area contributed by atoms with Crippen molar-refractivity contribution in [2.24, 2.45) is 0 Å². The van der Waals surface area contributed by atoms with Crippen molar-refractivity contribution in [3.8, 4) is 40.1 Å². The second-order valence-electron chi connectivity index (χ2n) is 10.3. The number of methoxy groups -OCH3 is 1. The van der Waals surface area contributed by atoms with Gasteiger partial charge in [-0.2, -0.15) is 0 Å². The van der Waals surface area contributed by atoms with Crippen LogP contribution in [0.15, 0.2) is 40.8 Å². The number of phenols is 3. The zero-order chi connectivity index (χ0) is 31.9. The van der Waals surface area contributed by atoms with Crippen LogP contribution >= 0.6 is 0 Å². The average Bonchev–Trinajstić information content (AvgIpc) is 3.00. The highest BCUT2D eigenvalue weighted by Gasteiger charge is 2.51. The first-order valence-electron chi connectivity index (χ1n) is 13.4. The number of aliphatic hydroxyl groups excluding tert-OH is 7. The maximum Gasteiger partial charge on any atom is 0.402 e. The molecule has 2 fully saturated rings. The van der Waals surface area contributed by atoms with E-state index in [9.17, 15) is 51.1 Å². The molecule has 240 valence electrons. The molecule has 0 spiro atoms. The zero-order valence-electron chi connectivity index (χ0n) is 23.1. The molecule has 3 aromatic rings. The van der Waals surface area contributed by atoms with Gasteiger partial charge in [-0.1, -0.05) is 0 Å². The van der Waals surface area contributed by atoms with Crippen molar-refractivity contribution in [2.45, 2.75) is 61.4 Å². The van der Waals surface area contributed by atoms with Crippen LogP contribution < -0.4 is 9.47 Å². The van der Waals surface area contributed by atoms with Crippen LogP contribution in [0.2, 0.25) is 0 Å². The van der Waals surface area contributed by atoms with Gasteiger partial charge in [0, 0.05) is 18.2 Å². The van der Waals surface area contributed by atoms with E-state index in [1.165, 1.54) is 37.4 Å². The van der Waals surface area contributed by atoms with Crippen LogP contribution in [0.25, 0.3) is 22.3 Å². The number of rotatable bonds is 8. The predicted octanol–water partition coefficient (Wildman–Crippen LogP) is -1.49. The number of aromatic hydroxyl groups is 3. The highest BCUT2D eigenvalue weighted by atomic mass is 16.8. The number of benzene rings is 2. The van der Waals surface area contributed by atoms with Crippen molar-refractivity contribution >= 4 is 11.0 Å². The lowest BCUT2D eigenvalue weighted by atomic mass is 9.97. The van der Waals surface area contributed by atoms with Crippen molar-refractivity contribution in [3.63, 3.8) is 0 Å². The normalized spacial score (nSPS) is 32.5. The summed E-state index contributed by atoms with van der Waals surface area (Å²) in [6, 6.07) is 7.73. The maximum absolute atomic E-state index is 11.0. The van der Waals surface area contributed by atoms with E-state index < -0.39 is 80.4 Å². The van der Waals surface area contributed by atoms with E-state index in [0.29, 0.717) is 0 Å². The Kier molecular flexibility index (Phi) is 9.28. The molecule has 0 amide bonds. The zero-order valence-corrected chi connectivity index (χ0v) is 23.1. The monoisotopic (exact) mass is 625 g/mol. The topological polar surface area (TPSA) is 260 Å². The van der Waals surface area contributed by atoms with Crippen molar-refractivity contribution in [3.05, 3.63) is 36.4 Å². The van der Waals surface area contributed by atoms with Gasteiger partial charge in [0.25, 0.3) is 0 Å². The summed E-state index contributed by atoms with van der Waals surface area (Å²) in [5, 5.41) is 102. The lowest BCUT2D eigenvalue weighted by Crippen LogP contribution is -2.65. The third-order valence-electron chi connectivity index (χ3n) is 7.47. The van der Waals surface area contributed by atoms with Crippen molar-refractivity contribution in [1.82, 2.24) is 0 Å². The van der Waals surface area contributed by atoms with Gasteiger partial charge in [0.05, 0.1) is 32.0 Å². The highest BCUT2D eigenvalue weighted by molar-refractivity contribution is 5.88. The molecule has 0 bridgehead atoms. The van der Waals surface area contributed by atoms with E-state index in [2.05, 4.69) is 0 Å². The minimum absolute atomic E-state index is 0.0132. The largest absolute Gasteiger partial charge is 0.507 e. The van der Waals surface area contributed by atoms with E-state index in [1.807, 2.05) is 0 Å². The van der Waals surface area contributed by atoms with E-state index in [0.717, 1.165) is 6.07 Å². The van der Waals surface area contributed by atoms with Gasteiger partial charge in [0.2, 0.25) is 12.0 Å². The van der Waals surface area contributed by atoms with E-state index in [1.54, 1.807) is 0 Å². The Hall–Kier alpha value is -3.55. The van der Waals surface area contributed by atoms with Crippen molar-refractivity contribution < 1.29 is 79.2 Å². The van der Waals surface area contributed by atoms with Gasteiger partial charge in [0.15, 0.2) is 23.9 Å². The molecular weight excluding hydrogens is 592 g/mol. The fourth-order valence-electron chi connectivity index (χ4n) is 5.05. The first-order chi connectivity index (χ1) is 21.0. The van der Waals surface area contributed by atoms with Crippen LogP contribution in [-0.4, -0.2) is 133 Å². The fourth-order valence-corrected chi connectivity index (χ4v) is 5.05. The van der Waals surface area contributed by atoms with Gasteiger partial charge >= 0.3 is 11.3 Å². The molecule has 0 radical (unpaired) electrons. The van der Waals surface area contributed by atoms with Crippen molar-refractivity contribution in [2.75, 3.05) is 20.3 Å². The minimum Gasteiger partial charge on any atom is -0.507 e. The molecule has 3 heterocycles. The standard InChI is InChI=1S/C28H32O16/c1-39-16-4-10(2-3-13(16)32)25-17(7-12-14(33)5-11(31)6-15(12)40-25)41-28-26(23(37)21(35)19(9-30)43-28)44-27-24(38)22(36)20(34)18(8-29)42-27/h2-7,18-24,26-30,34-38H,8-9H2,1H3,(H2-,31,32,33)/p+1/t18?,19?,20-,21-,22?,23?,24-,26?,27+,28-/m1/s1. The molecule has 2 aliphatic heterocycles. The lowest BCUT2D eigenvalue weighted by Gasteiger charge is -2.45. The summed E-state index contributed by atoms with van der Waals surface area (Å²) in [4.78, 5) is 0. The molecule has 44 heavy (non-hydrogen) atoms. The van der Waals surface area contributed by atoms with Gasteiger partial charge in [-0.05, 0) is 12.1 Å². The number of ether oxygens (including phenoxy) is 5. The molecule has 2 aliphatic rings. The van der Waals surface area contributed by atoms with Crippen LogP contribution in [0.5, 0.6) is 28.7 Å². The third kappa shape index (κ3) is 5.92. The van der Waals surface area contributed by atoms with Gasteiger partial charge in [-0.15, -0.1) is 0 Å². The molecule has 2 saturated heterocycles. The minimum atomic E-state index is -1.88. The van der Waals surface area contributed by atoms with E-state index in [4.69, 9.17) is 28.1 Å². The predicted molar refractivity (Wildman–Crippen MR) is 145 cm³/mol. The van der Waals surface area contributed by atoms with Crippen LogP contribution in [-0.2, 0) is 14.2 Å². The Morgan fingerprint density at radius 3 is 2.05 bits per heavy atom. The summed E-state index contributed by atoms with van der Waals surface area (Å²) in [7, 11) is 1.32. The first-order valence-corrected chi connectivity index (χ1v) is 13.4. The summed E-state index contributed by atoms with van der Waals surface area (Å²) in [6.07, 6.45) is -16.9. The Bertz CT molecular complexity index is 1470. The number of hydrogen-bond donors (Lipinski definition) is 10. The number of aliphatic hydroxyl groups is 7. The molecule has 16 heteroatoms. The second kappa shape index (κ2) is 12.8. The Morgan fingerprint density at radius 2 is 1.39 bits per heavy atom. The molecule has 0 aliphatic carbocycles. The fraction of sp³-hybridized carbons (Fsp3) is 0.464. The summed E-state index contributed by atoms with van der Waals surface area (Å²) < 4.78 is 34.1. The van der Waals surface area contributed by atoms with Crippen molar-refractivity contribution in [1.29, 1.82) is 0 Å². The molecule has 2 aromatic carbocycles. The van der Waals surface area contributed by atoms with Crippen LogP contribution in [0.4, 0.5) is 0 Å². The third-order valence-corrected chi connectivity index (χ3v) is 7.47. The molecule has 10 atom stereocenters. The summed E-state index contributed by atoms with van der Waals surface area (Å²) in [6.45, 7) is -1.53. The molecule has 16 nitrogen and oxygen atoms in total.